The summed E-state index contributed by atoms with van der Waals surface area (Å²) in [6.45, 7) is 5.08. The molecule has 1 unspecified atom stereocenters. The number of aromatic nitrogens is 1. The number of hydrogen-bond donors (Lipinski definition) is 2. The van der Waals surface area contributed by atoms with Gasteiger partial charge in [0.15, 0.2) is 0 Å². The van der Waals surface area contributed by atoms with Gasteiger partial charge >= 0.3 is 0 Å². The SMILES string of the molecule is CCc1cccc2c3c([nH]c12)C(CC)(CC=N)OCC3. The van der Waals surface area contributed by atoms with Gasteiger partial charge in [-0.3, -0.25) is 0 Å². The summed E-state index contributed by atoms with van der Waals surface area (Å²) in [4.78, 5) is 3.63. The molecule has 106 valence electrons. The van der Waals surface area contributed by atoms with Crippen LogP contribution in [0.2, 0.25) is 0 Å². The second kappa shape index (κ2) is 5.06. The van der Waals surface area contributed by atoms with Crippen LogP contribution < -0.4 is 0 Å². The van der Waals surface area contributed by atoms with Crippen LogP contribution in [0.1, 0.15) is 43.5 Å². The highest BCUT2D eigenvalue weighted by atomic mass is 16.5. The van der Waals surface area contributed by atoms with Gasteiger partial charge in [0.05, 0.1) is 12.3 Å². The predicted octanol–water partition coefficient (Wildman–Crippen LogP) is 3.95. The van der Waals surface area contributed by atoms with Crippen LogP contribution in [0.15, 0.2) is 18.2 Å². The fourth-order valence-corrected chi connectivity index (χ4v) is 3.45. The van der Waals surface area contributed by atoms with Crippen LogP contribution in [0.25, 0.3) is 10.9 Å². The van der Waals surface area contributed by atoms with Gasteiger partial charge in [-0.15, -0.1) is 0 Å². The molecule has 1 atom stereocenters. The van der Waals surface area contributed by atoms with Gasteiger partial charge in [0.2, 0.25) is 0 Å². The van der Waals surface area contributed by atoms with E-state index in [1.54, 1.807) is 0 Å². The van der Waals surface area contributed by atoms with Crippen molar-refractivity contribution in [2.24, 2.45) is 0 Å². The molecule has 0 bridgehead atoms. The Kier molecular flexibility index (Phi) is 3.38. The minimum atomic E-state index is -0.334. The lowest BCUT2D eigenvalue weighted by Crippen LogP contribution is -2.35. The van der Waals surface area contributed by atoms with Crippen LogP contribution in [-0.4, -0.2) is 17.8 Å². The summed E-state index contributed by atoms with van der Waals surface area (Å²) in [5, 5.41) is 8.84. The number of benzene rings is 1. The maximum absolute atomic E-state index is 7.50. The summed E-state index contributed by atoms with van der Waals surface area (Å²) < 4.78 is 6.10. The van der Waals surface area contributed by atoms with Crippen molar-refractivity contribution in [1.82, 2.24) is 4.98 Å². The van der Waals surface area contributed by atoms with E-state index in [1.165, 1.54) is 33.9 Å². The summed E-state index contributed by atoms with van der Waals surface area (Å²) in [5.74, 6) is 0. The molecule has 3 nitrogen and oxygen atoms in total. The molecule has 1 aromatic carbocycles. The van der Waals surface area contributed by atoms with Crippen molar-refractivity contribution in [2.45, 2.75) is 45.1 Å². The van der Waals surface area contributed by atoms with Crippen LogP contribution in [0, 0.1) is 5.41 Å². The van der Waals surface area contributed by atoms with E-state index in [4.69, 9.17) is 10.1 Å². The number of nitrogens with one attached hydrogen (secondary N) is 2. The Hall–Kier alpha value is -1.61. The van der Waals surface area contributed by atoms with Crippen LogP contribution in [0.5, 0.6) is 0 Å². The second-order valence-electron chi connectivity index (χ2n) is 5.53. The zero-order valence-corrected chi connectivity index (χ0v) is 12.3. The smallest absolute Gasteiger partial charge is 0.113 e. The van der Waals surface area contributed by atoms with Crippen molar-refractivity contribution < 1.29 is 4.74 Å². The summed E-state index contributed by atoms with van der Waals surface area (Å²) in [5.41, 5.74) is 4.88. The van der Waals surface area contributed by atoms with Gasteiger partial charge in [0, 0.05) is 17.3 Å². The first kappa shape index (κ1) is 13.4. The van der Waals surface area contributed by atoms with Gasteiger partial charge in [-0.1, -0.05) is 32.0 Å². The Labute approximate surface area is 119 Å². The Morgan fingerprint density at radius 1 is 1.40 bits per heavy atom. The highest BCUT2D eigenvalue weighted by Gasteiger charge is 2.38. The van der Waals surface area contributed by atoms with E-state index < -0.39 is 0 Å². The van der Waals surface area contributed by atoms with E-state index in [0.717, 1.165) is 25.9 Å². The molecule has 1 aliphatic heterocycles. The molecule has 0 saturated heterocycles. The minimum absolute atomic E-state index is 0.334. The number of fused-ring (bicyclic) bond motifs is 3. The average molecular weight is 270 g/mol. The van der Waals surface area contributed by atoms with Crippen molar-refractivity contribution in [2.75, 3.05) is 6.61 Å². The number of ether oxygens (including phenoxy) is 1. The summed E-state index contributed by atoms with van der Waals surface area (Å²) in [6.07, 6.45) is 5.00. The molecular weight excluding hydrogens is 248 g/mol. The first-order chi connectivity index (χ1) is 9.75. The fourth-order valence-electron chi connectivity index (χ4n) is 3.45. The highest BCUT2D eigenvalue weighted by molar-refractivity contribution is 5.88. The zero-order valence-electron chi connectivity index (χ0n) is 12.3. The summed E-state index contributed by atoms with van der Waals surface area (Å²) >= 11 is 0. The monoisotopic (exact) mass is 270 g/mol. The molecule has 0 fully saturated rings. The van der Waals surface area contributed by atoms with Gasteiger partial charge in [0.1, 0.15) is 5.60 Å². The van der Waals surface area contributed by atoms with E-state index in [-0.39, 0.29) is 5.60 Å². The fraction of sp³-hybridized carbons (Fsp3) is 0.471. The number of aryl methyl sites for hydroxylation is 1. The molecule has 2 aromatic rings. The van der Waals surface area contributed by atoms with Crippen LogP contribution in [0.4, 0.5) is 0 Å². The van der Waals surface area contributed by atoms with E-state index in [9.17, 15) is 0 Å². The third-order valence-corrected chi connectivity index (χ3v) is 4.60. The standard InChI is InChI=1S/C17H22N2O/c1-3-12-6-5-7-13-14-8-11-20-17(4-2,9-10-18)16(14)19-15(12)13/h5-7,10,18-19H,3-4,8-9,11H2,1-2H3. The summed E-state index contributed by atoms with van der Waals surface area (Å²) in [7, 11) is 0. The quantitative estimate of drug-likeness (QED) is 0.812. The molecule has 0 spiro atoms. The lowest BCUT2D eigenvalue weighted by Gasteiger charge is -2.35. The molecule has 1 aromatic heterocycles. The zero-order chi connectivity index (χ0) is 14.2. The number of H-pyrrole nitrogens is 1. The molecule has 1 aliphatic rings. The number of hydrogen-bond acceptors (Lipinski definition) is 2. The number of rotatable bonds is 4. The van der Waals surface area contributed by atoms with E-state index in [2.05, 4.69) is 37.0 Å². The normalized spacial score (nSPS) is 21.9. The lowest BCUT2D eigenvalue weighted by atomic mass is 9.86. The largest absolute Gasteiger partial charge is 0.368 e. The van der Waals surface area contributed by atoms with E-state index in [1.807, 2.05) is 0 Å². The van der Waals surface area contributed by atoms with Crippen molar-refractivity contribution in [3.8, 4) is 0 Å². The van der Waals surface area contributed by atoms with Gasteiger partial charge in [-0.25, -0.2) is 0 Å². The topological polar surface area (TPSA) is 48.9 Å². The molecule has 2 N–H and O–H groups in total. The predicted molar refractivity (Wildman–Crippen MR) is 82.7 cm³/mol. The molecule has 0 amide bonds. The molecule has 20 heavy (non-hydrogen) atoms. The average Bonchev–Trinajstić information content (AvgIpc) is 2.87. The number of para-hydroxylation sites is 1. The first-order valence-corrected chi connectivity index (χ1v) is 7.51. The van der Waals surface area contributed by atoms with Crippen LogP contribution >= 0.6 is 0 Å². The van der Waals surface area contributed by atoms with Crippen LogP contribution in [0.3, 0.4) is 0 Å². The lowest BCUT2D eigenvalue weighted by molar-refractivity contribution is -0.0598. The van der Waals surface area contributed by atoms with Crippen molar-refractivity contribution in [1.29, 1.82) is 5.41 Å². The third-order valence-electron chi connectivity index (χ3n) is 4.60. The molecule has 3 heteroatoms. The van der Waals surface area contributed by atoms with Gasteiger partial charge in [-0.05, 0) is 36.6 Å². The van der Waals surface area contributed by atoms with Crippen molar-refractivity contribution >= 4 is 17.1 Å². The Bertz CT molecular complexity index is 644. The molecule has 0 aliphatic carbocycles. The maximum atomic E-state index is 7.50. The van der Waals surface area contributed by atoms with Crippen molar-refractivity contribution in [3.63, 3.8) is 0 Å². The Balaban J connectivity index is 2.26. The molecule has 0 saturated carbocycles. The number of aromatic amines is 1. The van der Waals surface area contributed by atoms with Crippen molar-refractivity contribution in [3.05, 3.63) is 35.0 Å². The Morgan fingerprint density at radius 3 is 2.95 bits per heavy atom. The molecule has 3 rings (SSSR count). The second-order valence-corrected chi connectivity index (χ2v) is 5.53. The maximum Gasteiger partial charge on any atom is 0.113 e. The molecule has 0 radical (unpaired) electrons. The van der Waals surface area contributed by atoms with E-state index in [0.29, 0.717) is 6.42 Å². The summed E-state index contributed by atoms with van der Waals surface area (Å²) in [6, 6.07) is 6.55. The van der Waals surface area contributed by atoms with E-state index >= 15 is 0 Å². The van der Waals surface area contributed by atoms with Gasteiger partial charge < -0.3 is 15.1 Å². The van der Waals surface area contributed by atoms with Gasteiger partial charge in [-0.2, -0.15) is 0 Å². The van der Waals surface area contributed by atoms with Crippen LogP contribution in [-0.2, 0) is 23.2 Å². The molecular formula is C17H22N2O. The highest BCUT2D eigenvalue weighted by Crippen LogP contribution is 2.41. The Morgan fingerprint density at radius 2 is 2.25 bits per heavy atom. The minimum Gasteiger partial charge on any atom is -0.368 e. The van der Waals surface area contributed by atoms with Gasteiger partial charge in [0.25, 0.3) is 0 Å². The third kappa shape index (κ3) is 1.80. The molecule has 2 heterocycles. The first-order valence-electron chi connectivity index (χ1n) is 7.51.